The zero-order chi connectivity index (χ0) is 13.0. The number of aromatic nitrogens is 2. The molecule has 0 atom stereocenters. The number of rotatable bonds is 6. The lowest BCUT2D eigenvalue weighted by atomic mass is 10.1. The maximum atomic E-state index is 11.8. The van der Waals surface area contributed by atoms with Gasteiger partial charge < -0.3 is 10.1 Å². The van der Waals surface area contributed by atoms with Crippen LogP contribution in [-0.2, 0) is 11.2 Å². The molecule has 0 aromatic carbocycles. The molecule has 1 aliphatic rings. The van der Waals surface area contributed by atoms with Gasteiger partial charge in [-0.1, -0.05) is 13.3 Å². The number of nitrogens with zero attached hydrogens (tertiary/aromatic N) is 2. The maximum Gasteiger partial charge on any atom is 0.341 e. The Morgan fingerprint density at radius 2 is 2.28 bits per heavy atom. The molecule has 5 nitrogen and oxygen atoms in total. The predicted molar refractivity (Wildman–Crippen MR) is 68.6 cm³/mol. The van der Waals surface area contributed by atoms with Gasteiger partial charge in [-0.25, -0.2) is 14.8 Å². The van der Waals surface area contributed by atoms with Crippen molar-refractivity contribution >= 4 is 11.9 Å². The lowest BCUT2D eigenvalue weighted by molar-refractivity contribution is 0.0524. The van der Waals surface area contributed by atoms with Gasteiger partial charge in [0.25, 0.3) is 0 Å². The molecule has 1 fully saturated rings. The normalized spacial score (nSPS) is 14.3. The fourth-order valence-corrected chi connectivity index (χ4v) is 1.70. The summed E-state index contributed by atoms with van der Waals surface area (Å²) < 4.78 is 5.01. The number of esters is 1. The molecule has 98 valence electrons. The van der Waals surface area contributed by atoms with Crippen LogP contribution in [0.25, 0.3) is 0 Å². The summed E-state index contributed by atoms with van der Waals surface area (Å²) in [7, 11) is 0. The zero-order valence-electron chi connectivity index (χ0n) is 10.9. The first-order valence-corrected chi connectivity index (χ1v) is 6.54. The van der Waals surface area contributed by atoms with Crippen LogP contribution < -0.4 is 5.32 Å². The molecule has 0 saturated heterocycles. The van der Waals surface area contributed by atoms with Gasteiger partial charge in [-0.05, 0) is 26.2 Å². The molecule has 0 spiro atoms. The van der Waals surface area contributed by atoms with Crippen LogP contribution in [-0.4, -0.2) is 28.6 Å². The van der Waals surface area contributed by atoms with Gasteiger partial charge in [0.2, 0.25) is 5.95 Å². The van der Waals surface area contributed by atoms with Crippen molar-refractivity contribution in [2.24, 2.45) is 0 Å². The molecule has 1 N–H and O–H groups in total. The first-order valence-electron chi connectivity index (χ1n) is 6.54. The summed E-state index contributed by atoms with van der Waals surface area (Å²) in [5.41, 5.74) is 1.26. The topological polar surface area (TPSA) is 64.1 Å². The molecule has 0 unspecified atom stereocenters. The molecule has 1 aromatic rings. The van der Waals surface area contributed by atoms with E-state index in [1.54, 1.807) is 13.1 Å². The second-order valence-electron chi connectivity index (χ2n) is 4.44. The van der Waals surface area contributed by atoms with E-state index in [4.69, 9.17) is 4.74 Å². The number of hydrogen-bond acceptors (Lipinski definition) is 5. The van der Waals surface area contributed by atoms with Crippen LogP contribution in [0, 0.1) is 0 Å². The summed E-state index contributed by atoms with van der Waals surface area (Å²) in [6.45, 7) is 4.22. The average molecular weight is 249 g/mol. The second kappa shape index (κ2) is 5.80. The smallest absolute Gasteiger partial charge is 0.341 e. The largest absolute Gasteiger partial charge is 0.462 e. The SMILES string of the molecule is CCCc1nc(NC2CC2)ncc1C(=O)OCC. The van der Waals surface area contributed by atoms with Crippen molar-refractivity contribution in [3.63, 3.8) is 0 Å². The standard InChI is InChI=1S/C13H19N3O2/c1-3-5-11-10(12(17)18-4-2)8-14-13(16-11)15-9-6-7-9/h8-9H,3-7H2,1-2H3,(H,14,15,16). The maximum absolute atomic E-state index is 11.8. The monoisotopic (exact) mass is 249 g/mol. The predicted octanol–water partition coefficient (Wildman–Crippen LogP) is 2.18. The minimum absolute atomic E-state index is 0.334. The van der Waals surface area contributed by atoms with Gasteiger partial charge in [-0.3, -0.25) is 0 Å². The van der Waals surface area contributed by atoms with Crippen LogP contribution in [0.1, 0.15) is 49.2 Å². The van der Waals surface area contributed by atoms with Gasteiger partial charge in [-0.2, -0.15) is 0 Å². The number of ether oxygens (including phenoxy) is 1. The highest BCUT2D eigenvalue weighted by atomic mass is 16.5. The van der Waals surface area contributed by atoms with Crippen LogP contribution in [0.5, 0.6) is 0 Å². The molecule has 0 aliphatic heterocycles. The fraction of sp³-hybridized carbons (Fsp3) is 0.615. The number of hydrogen-bond donors (Lipinski definition) is 1. The minimum Gasteiger partial charge on any atom is -0.462 e. The van der Waals surface area contributed by atoms with Crippen molar-refractivity contribution in [2.75, 3.05) is 11.9 Å². The Balaban J connectivity index is 2.18. The Labute approximate surface area is 107 Å². The summed E-state index contributed by atoms with van der Waals surface area (Å²) in [6, 6.07) is 0.507. The highest BCUT2D eigenvalue weighted by molar-refractivity contribution is 5.90. The van der Waals surface area contributed by atoms with Gasteiger partial charge in [-0.15, -0.1) is 0 Å². The van der Waals surface area contributed by atoms with E-state index in [0.29, 0.717) is 24.2 Å². The minimum atomic E-state index is -0.334. The van der Waals surface area contributed by atoms with Gasteiger partial charge in [0.05, 0.1) is 17.9 Å². The molecular weight excluding hydrogens is 230 g/mol. The lowest BCUT2D eigenvalue weighted by Crippen LogP contribution is -2.13. The molecular formula is C13H19N3O2. The van der Waals surface area contributed by atoms with E-state index < -0.39 is 0 Å². The van der Waals surface area contributed by atoms with Gasteiger partial charge >= 0.3 is 5.97 Å². The molecule has 0 radical (unpaired) electrons. The Morgan fingerprint density at radius 3 is 2.89 bits per heavy atom. The lowest BCUT2D eigenvalue weighted by Gasteiger charge is -2.09. The highest BCUT2D eigenvalue weighted by Gasteiger charge is 2.23. The molecule has 1 aromatic heterocycles. The Hall–Kier alpha value is -1.65. The van der Waals surface area contributed by atoms with E-state index >= 15 is 0 Å². The van der Waals surface area contributed by atoms with Crippen molar-refractivity contribution in [2.45, 2.75) is 45.6 Å². The number of anilines is 1. The second-order valence-corrected chi connectivity index (χ2v) is 4.44. The van der Waals surface area contributed by atoms with Gasteiger partial charge in [0.1, 0.15) is 0 Å². The Kier molecular flexibility index (Phi) is 4.12. The number of nitrogens with one attached hydrogen (secondary N) is 1. The Morgan fingerprint density at radius 1 is 1.50 bits per heavy atom. The van der Waals surface area contributed by atoms with E-state index in [9.17, 15) is 4.79 Å². The number of aryl methyl sites for hydroxylation is 1. The zero-order valence-corrected chi connectivity index (χ0v) is 10.9. The highest BCUT2D eigenvalue weighted by Crippen LogP contribution is 2.23. The van der Waals surface area contributed by atoms with Crippen molar-refractivity contribution in [3.8, 4) is 0 Å². The van der Waals surface area contributed by atoms with Crippen molar-refractivity contribution in [1.82, 2.24) is 9.97 Å². The molecule has 18 heavy (non-hydrogen) atoms. The Bertz CT molecular complexity index is 430. The van der Waals surface area contributed by atoms with Crippen molar-refractivity contribution in [1.29, 1.82) is 0 Å². The molecule has 5 heteroatoms. The first kappa shape index (κ1) is 12.8. The van der Waals surface area contributed by atoms with Crippen LogP contribution >= 0.6 is 0 Å². The number of carbonyl (C=O) groups excluding carboxylic acids is 1. The molecule has 1 aliphatic carbocycles. The third-order valence-corrected chi connectivity index (χ3v) is 2.76. The fourth-order valence-electron chi connectivity index (χ4n) is 1.70. The summed E-state index contributed by atoms with van der Waals surface area (Å²) in [5.74, 6) is 0.285. The third-order valence-electron chi connectivity index (χ3n) is 2.76. The first-order chi connectivity index (χ1) is 8.74. The average Bonchev–Trinajstić information content (AvgIpc) is 3.14. The quantitative estimate of drug-likeness (QED) is 0.783. The molecule has 2 rings (SSSR count). The molecule has 0 bridgehead atoms. The van der Waals surface area contributed by atoms with E-state index in [-0.39, 0.29) is 5.97 Å². The van der Waals surface area contributed by atoms with Gasteiger partial charge in [0.15, 0.2) is 0 Å². The molecule has 1 saturated carbocycles. The summed E-state index contributed by atoms with van der Waals surface area (Å²) in [4.78, 5) is 20.4. The summed E-state index contributed by atoms with van der Waals surface area (Å²) in [5, 5.41) is 3.24. The third kappa shape index (κ3) is 3.18. The van der Waals surface area contributed by atoms with Crippen LogP contribution in [0.4, 0.5) is 5.95 Å². The van der Waals surface area contributed by atoms with E-state index in [1.807, 2.05) is 0 Å². The molecule has 0 amide bonds. The van der Waals surface area contributed by atoms with Crippen LogP contribution in [0.3, 0.4) is 0 Å². The summed E-state index contributed by atoms with van der Waals surface area (Å²) in [6.07, 6.45) is 5.61. The number of carbonyl (C=O) groups is 1. The van der Waals surface area contributed by atoms with Crippen LogP contribution in [0.15, 0.2) is 6.20 Å². The van der Waals surface area contributed by atoms with E-state index in [0.717, 1.165) is 18.5 Å². The van der Waals surface area contributed by atoms with E-state index in [2.05, 4.69) is 22.2 Å². The van der Waals surface area contributed by atoms with E-state index in [1.165, 1.54) is 12.8 Å². The van der Waals surface area contributed by atoms with Gasteiger partial charge in [0, 0.05) is 12.2 Å². The van der Waals surface area contributed by atoms with Crippen LogP contribution in [0.2, 0.25) is 0 Å². The van der Waals surface area contributed by atoms with Crippen molar-refractivity contribution in [3.05, 3.63) is 17.5 Å². The van der Waals surface area contributed by atoms with Crippen molar-refractivity contribution < 1.29 is 9.53 Å². The summed E-state index contributed by atoms with van der Waals surface area (Å²) >= 11 is 0. The molecule has 1 heterocycles.